The van der Waals surface area contributed by atoms with Crippen LogP contribution < -0.4 is 10.0 Å². The summed E-state index contributed by atoms with van der Waals surface area (Å²) in [5.74, 6) is -0.387. The van der Waals surface area contributed by atoms with Crippen molar-refractivity contribution in [1.29, 1.82) is 0 Å². The molecule has 3 aromatic rings. The van der Waals surface area contributed by atoms with Crippen LogP contribution >= 0.6 is 11.3 Å². The minimum absolute atomic E-state index is 0.0245. The molecule has 0 aliphatic rings. The largest absolute Gasteiger partial charge is 0.506 e. The van der Waals surface area contributed by atoms with Gasteiger partial charge in [0.05, 0.1) is 22.7 Å². The van der Waals surface area contributed by atoms with Crippen LogP contribution in [0.15, 0.2) is 58.8 Å². The molecule has 0 saturated carbocycles. The average molecular weight is 403 g/mol. The average Bonchev–Trinajstić information content (AvgIpc) is 3.05. The fourth-order valence-electron chi connectivity index (χ4n) is 2.32. The summed E-state index contributed by atoms with van der Waals surface area (Å²) in [5, 5.41) is 14.2. The van der Waals surface area contributed by atoms with Gasteiger partial charge < -0.3 is 10.4 Å². The maximum absolute atomic E-state index is 12.3. The molecule has 0 bridgehead atoms. The number of hydrogen-bond acceptors (Lipinski definition) is 6. The normalized spacial score (nSPS) is 11.1. The summed E-state index contributed by atoms with van der Waals surface area (Å²) in [6.07, 6.45) is -0.0447. The fraction of sp³-hybridized carbons (Fsp3) is 0.111. The van der Waals surface area contributed by atoms with E-state index in [0.29, 0.717) is 11.4 Å². The molecule has 0 radical (unpaired) electrons. The monoisotopic (exact) mass is 403 g/mol. The van der Waals surface area contributed by atoms with Crippen molar-refractivity contribution in [1.82, 2.24) is 4.98 Å². The van der Waals surface area contributed by atoms with Crippen LogP contribution in [0, 0.1) is 6.92 Å². The van der Waals surface area contributed by atoms with Crippen LogP contribution in [0.25, 0.3) is 0 Å². The number of carbonyl (C=O) groups excluding carboxylic acids is 1. The number of anilines is 2. The number of aromatic nitrogens is 1. The SMILES string of the molecule is Cc1ccc(O)c(NC(=O)Cc2csc(NS(=O)(=O)c3ccccc3)n2)c1. The Bertz CT molecular complexity index is 1060. The van der Waals surface area contributed by atoms with Gasteiger partial charge in [-0.3, -0.25) is 9.52 Å². The molecule has 1 heterocycles. The minimum atomic E-state index is -3.72. The van der Waals surface area contributed by atoms with Crippen molar-refractivity contribution in [2.75, 3.05) is 10.0 Å². The van der Waals surface area contributed by atoms with Crippen LogP contribution in [0.4, 0.5) is 10.8 Å². The predicted octanol–water partition coefficient (Wildman–Crippen LogP) is 3.14. The van der Waals surface area contributed by atoms with Crippen molar-refractivity contribution in [2.24, 2.45) is 0 Å². The Morgan fingerprint density at radius 1 is 1.19 bits per heavy atom. The molecule has 7 nitrogen and oxygen atoms in total. The van der Waals surface area contributed by atoms with Crippen LogP contribution in [-0.2, 0) is 21.2 Å². The second kappa shape index (κ2) is 7.77. The van der Waals surface area contributed by atoms with Crippen molar-refractivity contribution in [3.8, 4) is 5.75 Å². The molecule has 9 heteroatoms. The standard InChI is InChI=1S/C18H17N3O4S2/c1-12-7-8-16(22)15(9-12)20-17(23)10-13-11-26-18(19-13)21-27(24,25)14-5-3-2-4-6-14/h2-9,11,22H,10H2,1H3,(H,19,21)(H,20,23). The smallest absolute Gasteiger partial charge is 0.263 e. The summed E-state index contributed by atoms with van der Waals surface area (Å²) < 4.78 is 27.0. The van der Waals surface area contributed by atoms with Gasteiger partial charge >= 0.3 is 0 Å². The lowest BCUT2D eigenvalue weighted by molar-refractivity contribution is -0.115. The molecule has 0 saturated heterocycles. The van der Waals surface area contributed by atoms with Crippen molar-refractivity contribution in [2.45, 2.75) is 18.2 Å². The summed E-state index contributed by atoms with van der Waals surface area (Å²) in [6.45, 7) is 1.85. The summed E-state index contributed by atoms with van der Waals surface area (Å²) in [7, 11) is -3.72. The maximum atomic E-state index is 12.3. The first-order valence-corrected chi connectivity index (χ1v) is 10.3. The summed E-state index contributed by atoms with van der Waals surface area (Å²) in [6, 6.07) is 12.9. The van der Waals surface area contributed by atoms with Crippen molar-refractivity contribution < 1.29 is 18.3 Å². The molecule has 0 fully saturated rings. The van der Waals surface area contributed by atoms with Crippen LogP contribution in [-0.4, -0.2) is 24.4 Å². The number of hydrogen-bond donors (Lipinski definition) is 3. The van der Waals surface area contributed by atoms with Gasteiger partial charge in [-0.15, -0.1) is 11.3 Å². The quantitative estimate of drug-likeness (QED) is 0.548. The van der Waals surface area contributed by atoms with Gasteiger partial charge in [-0.25, -0.2) is 13.4 Å². The van der Waals surface area contributed by atoms with Crippen LogP contribution in [0.3, 0.4) is 0 Å². The van der Waals surface area contributed by atoms with E-state index in [9.17, 15) is 18.3 Å². The Labute approximate surface area is 160 Å². The van der Waals surface area contributed by atoms with Gasteiger partial charge in [0.2, 0.25) is 5.91 Å². The number of benzene rings is 2. The fourth-order valence-corrected chi connectivity index (χ4v) is 4.30. The number of phenolic OH excluding ortho intramolecular Hbond substituents is 1. The van der Waals surface area contributed by atoms with Gasteiger partial charge in [0.15, 0.2) is 5.13 Å². The highest BCUT2D eigenvalue weighted by molar-refractivity contribution is 7.93. The Morgan fingerprint density at radius 2 is 1.93 bits per heavy atom. The number of phenols is 1. The Balaban J connectivity index is 1.66. The van der Waals surface area contributed by atoms with E-state index in [2.05, 4.69) is 15.0 Å². The first kappa shape index (κ1) is 18.9. The van der Waals surface area contributed by atoms with Crippen LogP contribution in [0.5, 0.6) is 5.75 Å². The van der Waals surface area contributed by atoms with E-state index < -0.39 is 10.0 Å². The number of carbonyl (C=O) groups is 1. The number of nitrogens with one attached hydrogen (secondary N) is 2. The molecule has 140 valence electrons. The van der Waals surface area contributed by atoms with Gasteiger partial charge in [0.25, 0.3) is 10.0 Å². The molecule has 3 N–H and O–H groups in total. The van der Waals surface area contributed by atoms with Gasteiger partial charge in [-0.05, 0) is 36.8 Å². The number of amides is 1. The molecule has 0 atom stereocenters. The van der Waals surface area contributed by atoms with Gasteiger partial charge in [-0.2, -0.15) is 0 Å². The molecule has 1 aromatic heterocycles. The predicted molar refractivity (Wildman–Crippen MR) is 105 cm³/mol. The molecule has 0 unspecified atom stereocenters. The summed E-state index contributed by atoms with van der Waals surface area (Å²) in [4.78, 5) is 16.4. The first-order chi connectivity index (χ1) is 12.8. The lowest BCUT2D eigenvalue weighted by Crippen LogP contribution is -2.15. The number of aromatic hydroxyl groups is 1. The molecular weight excluding hydrogens is 386 g/mol. The summed E-state index contributed by atoms with van der Waals surface area (Å²) in [5.41, 5.74) is 1.64. The minimum Gasteiger partial charge on any atom is -0.506 e. The second-order valence-electron chi connectivity index (χ2n) is 5.81. The molecule has 0 aliphatic heterocycles. The zero-order valence-electron chi connectivity index (χ0n) is 14.3. The van der Waals surface area contributed by atoms with Crippen molar-refractivity contribution in [3.63, 3.8) is 0 Å². The zero-order chi connectivity index (χ0) is 19.4. The highest BCUT2D eigenvalue weighted by atomic mass is 32.2. The van der Waals surface area contributed by atoms with Crippen LogP contribution in [0.1, 0.15) is 11.3 Å². The zero-order valence-corrected chi connectivity index (χ0v) is 16.0. The highest BCUT2D eigenvalue weighted by Crippen LogP contribution is 2.24. The third-order valence-corrected chi connectivity index (χ3v) is 5.89. The number of sulfonamides is 1. The van der Waals surface area contributed by atoms with E-state index in [0.717, 1.165) is 16.9 Å². The van der Waals surface area contributed by atoms with E-state index in [-0.39, 0.29) is 28.1 Å². The highest BCUT2D eigenvalue weighted by Gasteiger charge is 2.16. The molecule has 1 amide bonds. The van der Waals surface area contributed by atoms with E-state index >= 15 is 0 Å². The Hall–Kier alpha value is -2.91. The molecule has 2 aromatic carbocycles. The number of nitrogens with zero attached hydrogens (tertiary/aromatic N) is 1. The van der Waals surface area contributed by atoms with Gasteiger partial charge in [0.1, 0.15) is 5.75 Å². The molecule has 3 rings (SSSR count). The van der Waals surface area contributed by atoms with E-state index in [1.165, 1.54) is 18.2 Å². The lowest BCUT2D eigenvalue weighted by Gasteiger charge is -2.07. The molecule has 0 spiro atoms. The molecule has 0 aliphatic carbocycles. The Kier molecular flexibility index (Phi) is 5.43. The first-order valence-electron chi connectivity index (χ1n) is 7.95. The van der Waals surface area contributed by atoms with Gasteiger partial charge in [0, 0.05) is 5.38 Å². The van der Waals surface area contributed by atoms with Crippen LogP contribution in [0.2, 0.25) is 0 Å². The topological polar surface area (TPSA) is 108 Å². The van der Waals surface area contributed by atoms with Crippen molar-refractivity contribution in [3.05, 3.63) is 65.2 Å². The third kappa shape index (κ3) is 4.83. The molecule has 27 heavy (non-hydrogen) atoms. The molecular formula is C18H17N3O4S2. The number of thiazole rings is 1. The Morgan fingerprint density at radius 3 is 2.67 bits per heavy atom. The number of aryl methyl sites for hydroxylation is 1. The third-order valence-electron chi connectivity index (χ3n) is 3.59. The maximum Gasteiger partial charge on any atom is 0.263 e. The van der Waals surface area contributed by atoms with Gasteiger partial charge in [-0.1, -0.05) is 24.3 Å². The summed E-state index contributed by atoms with van der Waals surface area (Å²) >= 11 is 1.09. The lowest BCUT2D eigenvalue weighted by atomic mass is 10.2. The number of rotatable bonds is 6. The second-order valence-corrected chi connectivity index (χ2v) is 8.35. The van der Waals surface area contributed by atoms with E-state index in [4.69, 9.17) is 0 Å². The van der Waals surface area contributed by atoms with E-state index in [1.54, 1.807) is 35.7 Å². The van der Waals surface area contributed by atoms with E-state index in [1.807, 2.05) is 6.92 Å². The van der Waals surface area contributed by atoms with Crippen molar-refractivity contribution >= 4 is 38.1 Å².